The maximum atomic E-state index is 5.32. The van der Waals surface area contributed by atoms with Crippen LogP contribution in [0.15, 0.2) is 49.2 Å². The lowest BCUT2D eigenvalue weighted by Crippen LogP contribution is -2.36. The number of pyridine rings is 1. The Bertz CT molecular complexity index is 780. The van der Waals surface area contributed by atoms with Crippen molar-refractivity contribution >= 4 is 6.08 Å². The van der Waals surface area contributed by atoms with E-state index in [1.807, 2.05) is 18.2 Å². The van der Waals surface area contributed by atoms with E-state index in [-0.39, 0.29) is 0 Å². The van der Waals surface area contributed by atoms with Gasteiger partial charge >= 0.3 is 0 Å². The summed E-state index contributed by atoms with van der Waals surface area (Å²) in [5, 5.41) is 0. The van der Waals surface area contributed by atoms with Gasteiger partial charge in [-0.05, 0) is 36.2 Å². The summed E-state index contributed by atoms with van der Waals surface area (Å²) in [6.45, 7) is 7.30. The van der Waals surface area contributed by atoms with Crippen LogP contribution in [0.2, 0.25) is 0 Å². The number of rotatable bonds is 20. The van der Waals surface area contributed by atoms with E-state index >= 15 is 0 Å². The fourth-order valence-corrected chi connectivity index (χ4v) is 4.71. The van der Waals surface area contributed by atoms with Crippen LogP contribution in [-0.4, -0.2) is 7.11 Å². The first-order valence-electron chi connectivity index (χ1n) is 14.1. The molecule has 34 heavy (non-hydrogen) atoms. The number of aromatic nitrogens is 1. The molecule has 2 rings (SSSR count). The molecule has 0 unspecified atom stereocenters. The summed E-state index contributed by atoms with van der Waals surface area (Å²) in [6.07, 6.45) is 26.7. The zero-order valence-corrected chi connectivity index (χ0v) is 22.2. The molecule has 188 valence electrons. The molecule has 0 bridgehead atoms. The quantitative estimate of drug-likeness (QED) is 0.140. The highest BCUT2D eigenvalue weighted by Gasteiger charge is 2.13. The summed E-state index contributed by atoms with van der Waals surface area (Å²) >= 11 is 0. The molecule has 0 radical (unpaired) electrons. The summed E-state index contributed by atoms with van der Waals surface area (Å²) < 4.78 is 7.71. The van der Waals surface area contributed by atoms with E-state index in [0.717, 1.165) is 17.9 Å². The van der Waals surface area contributed by atoms with Gasteiger partial charge in [0, 0.05) is 24.1 Å². The van der Waals surface area contributed by atoms with E-state index in [0.29, 0.717) is 0 Å². The van der Waals surface area contributed by atoms with Gasteiger partial charge in [-0.1, -0.05) is 109 Å². The standard InChI is InChI=1S/C32H50NO/c1-4-6-7-8-9-10-11-12-13-14-15-16-17-18-19-20-26-33-27-25-29(5-2)28-32(33)30-21-23-31(34-3)24-22-30/h5,21-25,27-28H,2,4,6-20,26H2,1,3H3/q+1. The molecule has 1 aromatic carbocycles. The van der Waals surface area contributed by atoms with Gasteiger partial charge < -0.3 is 4.74 Å². The number of ether oxygens (including phenoxy) is 1. The van der Waals surface area contributed by atoms with E-state index in [9.17, 15) is 0 Å². The Balaban J connectivity index is 1.57. The lowest BCUT2D eigenvalue weighted by molar-refractivity contribution is -0.686. The van der Waals surface area contributed by atoms with Crippen LogP contribution in [0.25, 0.3) is 17.3 Å². The predicted molar refractivity (Wildman–Crippen MR) is 148 cm³/mol. The van der Waals surface area contributed by atoms with Gasteiger partial charge in [0.05, 0.1) is 7.11 Å². The first-order valence-corrected chi connectivity index (χ1v) is 14.1. The third-order valence-corrected chi connectivity index (χ3v) is 6.93. The minimum atomic E-state index is 0.896. The van der Waals surface area contributed by atoms with Crippen molar-refractivity contribution in [3.05, 3.63) is 54.7 Å². The Morgan fingerprint density at radius 3 is 1.68 bits per heavy atom. The Kier molecular flexibility index (Phi) is 15.1. The van der Waals surface area contributed by atoms with Crippen molar-refractivity contribution in [1.29, 1.82) is 0 Å². The topological polar surface area (TPSA) is 13.1 Å². The van der Waals surface area contributed by atoms with Gasteiger partial charge in [0.2, 0.25) is 5.69 Å². The predicted octanol–water partition coefficient (Wildman–Crippen LogP) is 9.55. The van der Waals surface area contributed by atoms with Gasteiger partial charge in [0.25, 0.3) is 0 Å². The van der Waals surface area contributed by atoms with Crippen molar-refractivity contribution in [1.82, 2.24) is 0 Å². The molecular weight excluding hydrogens is 414 g/mol. The first kappa shape index (κ1) is 28.1. The van der Waals surface area contributed by atoms with Crippen molar-refractivity contribution in [2.24, 2.45) is 0 Å². The minimum Gasteiger partial charge on any atom is -0.497 e. The lowest BCUT2D eigenvalue weighted by atomic mass is 10.0. The minimum absolute atomic E-state index is 0.896. The number of nitrogens with zero attached hydrogens (tertiary/aromatic N) is 1. The molecule has 1 heterocycles. The zero-order chi connectivity index (χ0) is 24.3. The highest BCUT2D eigenvalue weighted by molar-refractivity contribution is 5.61. The van der Waals surface area contributed by atoms with Gasteiger partial charge in [-0.25, -0.2) is 0 Å². The number of methoxy groups -OCH3 is 1. The van der Waals surface area contributed by atoms with Crippen molar-refractivity contribution in [2.75, 3.05) is 7.11 Å². The third-order valence-electron chi connectivity index (χ3n) is 6.93. The SMILES string of the molecule is C=Cc1cc[n+](CCCCCCCCCCCCCCCCCC)c(-c2ccc(OC)cc2)c1. The molecule has 2 nitrogen and oxygen atoms in total. The third kappa shape index (κ3) is 11.4. The number of hydrogen-bond acceptors (Lipinski definition) is 1. The summed E-state index contributed by atoms with van der Waals surface area (Å²) in [5.74, 6) is 0.896. The smallest absolute Gasteiger partial charge is 0.213 e. The second kappa shape index (κ2) is 18.3. The van der Waals surface area contributed by atoms with Gasteiger partial charge in [-0.15, -0.1) is 0 Å². The Morgan fingerprint density at radius 1 is 0.706 bits per heavy atom. The average molecular weight is 465 g/mol. The molecule has 0 atom stereocenters. The molecule has 2 heteroatoms. The second-order valence-corrected chi connectivity index (χ2v) is 9.77. The van der Waals surface area contributed by atoms with Crippen LogP contribution in [0, 0.1) is 0 Å². The molecule has 0 aliphatic heterocycles. The molecule has 0 amide bonds. The van der Waals surface area contributed by atoms with Gasteiger partial charge in [-0.2, -0.15) is 4.57 Å². The van der Waals surface area contributed by atoms with E-state index < -0.39 is 0 Å². The van der Waals surface area contributed by atoms with Crippen LogP contribution in [0.1, 0.15) is 115 Å². The zero-order valence-electron chi connectivity index (χ0n) is 22.2. The molecule has 2 aromatic rings. The fraction of sp³-hybridized carbons (Fsp3) is 0.594. The molecule has 0 aliphatic rings. The van der Waals surface area contributed by atoms with Gasteiger partial charge in [0.1, 0.15) is 12.3 Å². The van der Waals surface area contributed by atoms with Gasteiger partial charge in [-0.3, -0.25) is 0 Å². The summed E-state index contributed by atoms with van der Waals surface area (Å²) in [5.41, 5.74) is 3.64. The fourth-order valence-electron chi connectivity index (χ4n) is 4.71. The lowest BCUT2D eigenvalue weighted by Gasteiger charge is -2.07. The van der Waals surface area contributed by atoms with Crippen LogP contribution in [0.3, 0.4) is 0 Å². The van der Waals surface area contributed by atoms with E-state index in [1.54, 1.807) is 7.11 Å². The van der Waals surface area contributed by atoms with Crippen molar-refractivity contribution in [3.63, 3.8) is 0 Å². The van der Waals surface area contributed by atoms with Crippen molar-refractivity contribution < 1.29 is 9.30 Å². The van der Waals surface area contributed by atoms with Crippen LogP contribution in [0.4, 0.5) is 0 Å². The van der Waals surface area contributed by atoms with Gasteiger partial charge in [0.15, 0.2) is 6.20 Å². The summed E-state index contributed by atoms with van der Waals surface area (Å²) in [6, 6.07) is 12.8. The highest BCUT2D eigenvalue weighted by atomic mass is 16.5. The van der Waals surface area contributed by atoms with Crippen molar-refractivity contribution in [3.8, 4) is 17.0 Å². The van der Waals surface area contributed by atoms with Crippen LogP contribution in [0.5, 0.6) is 5.75 Å². The summed E-state index contributed by atoms with van der Waals surface area (Å²) in [7, 11) is 1.71. The first-order chi connectivity index (χ1) is 16.8. The molecule has 0 saturated carbocycles. The van der Waals surface area contributed by atoms with E-state index in [4.69, 9.17) is 4.74 Å². The largest absolute Gasteiger partial charge is 0.497 e. The molecule has 0 aliphatic carbocycles. The maximum Gasteiger partial charge on any atom is 0.213 e. The monoisotopic (exact) mass is 464 g/mol. The number of unbranched alkanes of at least 4 members (excludes halogenated alkanes) is 15. The van der Waals surface area contributed by atoms with Crippen LogP contribution < -0.4 is 9.30 Å². The van der Waals surface area contributed by atoms with E-state index in [2.05, 4.69) is 48.5 Å². The number of benzene rings is 1. The Morgan fingerprint density at radius 2 is 1.21 bits per heavy atom. The molecular formula is C32H50NO+. The highest BCUT2D eigenvalue weighted by Crippen LogP contribution is 2.21. The Labute approximate surface area is 210 Å². The normalized spacial score (nSPS) is 11.0. The van der Waals surface area contributed by atoms with Crippen LogP contribution >= 0.6 is 0 Å². The molecule has 1 aromatic heterocycles. The second-order valence-electron chi connectivity index (χ2n) is 9.77. The molecule has 0 fully saturated rings. The molecule has 0 N–H and O–H groups in total. The Hall–Kier alpha value is -2.09. The summed E-state index contributed by atoms with van der Waals surface area (Å²) in [4.78, 5) is 0. The molecule has 0 spiro atoms. The molecule has 0 saturated heterocycles. The number of hydrogen-bond donors (Lipinski definition) is 0. The van der Waals surface area contributed by atoms with E-state index in [1.165, 1.54) is 114 Å². The van der Waals surface area contributed by atoms with Crippen molar-refractivity contribution in [2.45, 2.75) is 116 Å². The maximum absolute atomic E-state index is 5.32. The number of aryl methyl sites for hydroxylation is 1. The van der Waals surface area contributed by atoms with Crippen LogP contribution in [-0.2, 0) is 6.54 Å². The average Bonchev–Trinajstić information content (AvgIpc) is 2.88.